The molecule has 1 aliphatic rings. The average Bonchev–Trinajstić information content (AvgIpc) is 2.65. The number of carbonyl (C=O) groups excluding carboxylic acids is 2. The van der Waals surface area contributed by atoms with Gasteiger partial charge in [0.05, 0.1) is 17.3 Å². The van der Waals surface area contributed by atoms with Gasteiger partial charge in [-0.3, -0.25) is 19.6 Å². The van der Waals surface area contributed by atoms with Gasteiger partial charge in [0.15, 0.2) is 0 Å². The van der Waals surface area contributed by atoms with Crippen LogP contribution in [0.1, 0.15) is 31.7 Å². The minimum atomic E-state index is -4.53. The van der Waals surface area contributed by atoms with Crippen LogP contribution in [-0.4, -0.2) is 40.8 Å². The number of hydrogen-bond donors (Lipinski definition) is 2. The van der Waals surface area contributed by atoms with Crippen LogP contribution in [0.5, 0.6) is 0 Å². The quantitative estimate of drug-likeness (QED) is 0.737. The van der Waals surface area contributed by atoms with Crippen molar-refractivity contribution in [2.24, 2.45) is 23.3 Å². The zero-order valence-corrected chi connectivity index (χ0v) is 16.5. The van der Waals surface area contributed by atoms with Crippen molar-refractivity contribution >= 4 is 28.4 Å². The molecule has 1 aliphatic heterocycles. The van der Waals surface area contributed by atoms with Gasteiger partial charge in [-0.05, 0) is 30.4 Å². The number of halogens is 3. The molecule has 1 amide bonds. The number of hydrogen-bond acceptors (Lipinski definition) is 6. The molecule has 0 saturated carbocycles. The lowest BCUT2D eigenvalue weighted by molar-refractivity contribution is -0.136. The zero-order chi connectivity index (χ0) is 22.1. The number of carbonyl (C=O) groups is 2. The van der Waals surface area contributed by atoms with E-state index in [1.807, 2.05) is 11.8 Å². The van der Waals surface area contributed by atoms with Gasteiger partial charge in [0, 0.05) is 38.3 Å². The Hall–Kier alpha value is -2.75. The maximum absolute atomic E-state index is 13.4. The molecule has 162 valence electrons. The second kappa shape index (κ2) is 8.55. The van der Waals surface area contributed by atoms with Gasteiger partial charge in [-0.2, -0.15) is 13.2 Å². The molecule has 0 radical (unpaired) electrons. The number of primary amides is 1. The Balaban J connectivity index is 1.86. The fraction of sp³-hybridized carbons (Fsp3) is 0.500. The minimum absolute atomic E-state index is 0.0470. The molecule has 4 N–H and O–H groups in total. The van der Waals surface area contributed by atoms with Crippen LogP contribution in [0, 0.1) is 11.8 Å². The molecule has 2 heterocycles. The van der Waals surface area contributed by atoms with Gasteiger partial charge in [0.2, 0.25) is 5.91 Å². The highest BCUT2D eigenvalue weighted by molar-refractivity contribution is 5.91. The van der Waals surface area contributed by atoms with Gasteiger partial charge in [-0.15, -0.1) is 0 Å². The predicted molar refractivity (Wildman–Crippen MR) is 105 cm³/mol. The molecule has 0 unspecified atom stereocenters. The highest BCUT2D eigenvalue weighted by atomic mass is 19.4. The van der Waals surface area contributed by atoms with Gasteiger partial charge in [0.1, 0.15) is 16.8 Å². The van der Waals surface area contributed by atoms with Gasteiger partial charge in [-0.1, -0.05) is 6.92 Å². The normalized spacial score (nSPS) is 20.9. The first kappa shape index (κ1) is 21.9. The van der Waals surface area contributed by atoms with Crippen molar-refractivity contribution in [3.63, 3.8) is 0 Å². The highest BCUT2D eigenvalue weighted by Gasteiger charge is 2.35. The number of Topliss-reactive ketones (excluding diaryl/α,β-unsaturated/α-hetero) is 1. The van der Waals surface area contributed by atoms with Gasteiger partial charge < -0.3 is 16.4 Å². The Morgan fingerprint density at radius 3 is 2.50 bits per heavy atom. The number of alkyl halides is 3. The van der Waals surface area contributed by atoms with E-state index in [9.17, 15) is 22.8 Å². The van der Waals surface area contributed by atoms with Gasteiger partial charge in [0.25, 0.3) is 0 Å². The molecule has 1 saturated heterocycles. The number of anilines is 1. The third-order valence-corrected chi connectivity index (χ3v) is 5.32. The molecule has 3 atom stereocenters. The summed E-state index contributed by atoms with van der Waals surface area (Å²) >= 11 is 0. The van der Waals surface area contributed by atoms with Crippen LogP contribution in [0.3, 0.4) is 0 Å². The number of aromatic nitrogens is 2. The summed E-state index contributed by atoms with van der Waals surface area (Å²) in [6.07, 6.45) is -1.18. The molecule has 7 nitrogen and oxygen atoms in total. The second-order valence-electron chi connectivity index (χ2n) is 7.94. The van der Waals surface area contributed by atoms with Crippen LogP contribution in [0.25, 0.3) is 11.0 Å². The summed E-state index contributed by atoms with van der Waals surface area (Å²) in [5.74, 6) is -0.721. The summed E-state index contributed by atoms with van der Waals surface area (Å²) in [5, 5.41) is 0. The van der Waals surface area contributed by atoms with Crippen LogP contribution >= 0.6 is 0 Å². The third-order valence-electron chi connectivity index (χ3n) is 5.32. The van der Waals surface area contributed by atoms with E-state index in [0.717, 1.165) is 12.5 Å². The lowest BCUT2D eigenvalue weighted by Gasteiger charge is -2.38. The minimum Gasteiger partial charge on any atom is -0.370 e. The lowest BCUT2D eigenvalue weighted by atomic mass is 9.85. The first-order valence-corrected chi connectivity index (χ1v) is 9.68. The predicted octanol–water partition coefficient (Wildman–Crippen LogP) is 2.27. The van der Waals surface area contributed by atoms with Gasteiger partial charge in [-0.25, -0.2) is 0 Å². The molecule has 1 aromatic carbocycles. The SMILES string of the molecule is C[C@H]1C[C@@H](CC(=O)[C@@H](N)CC(N)=O)CN(c2ccc(C(F)(F)F)c3nccnc23)C1. The molecule has 10 heteroatoms. The summed E-state index contributed by atoms with van der Waals surface area (Å²) in [4.78, 5) is 33.4. The van der Waals surface area contributed by atoms with Crippen molar-refractivity contribution < 1.29 is 22.8 Å². The van der Waals surface area contributed by atoms with E-state index < -0.39 is 23.7 Å². The summed E-state index contributed by atoms with van der Waals surface area (Å²) in [7, 11) is 0. The van der Waals surface area contributed by atoms with Crippen molar-refractivity contribution in [3.05, 3.63) is 30.1 Å². The Morgan fingerprint density at radius 2 is 1.87 bits per heavy atom. The Morgan fingerprint density at radius 1 is 1.20 bits per heavy atom. The van der Waals surface area contributed by atoms with E-state index in [0.29, 0.717) is 18.8 Å². The standard InChI is InChI=1S/C20H24F3N5O2/c1-11-6-12(7-16(29)14(24)8-17(25)30)10-28(9-11)15-3-2-13(20(21,22)23)18-19(15)27-5-4-26-18/h2-5,11-12,14H,6-10,24H2,1H3,(H2,25,30)/t11-,12-,14-/m0/s1. The molecule has 3 rings (SSSR count). The van der Waals surface area contributed by atoms with Crippen molar-refractivity contribution in [1.82, 2.24) is 9.97 Å². The van der Waals surface area contributed by atoms with Crippen LogP contribution < -0.4 is 16.4 Å². The van der Waals surface area contributed by atoms with Gasteiger partial charge >= 0.3 is 6.18 Å². The number of amides is 1. The van der Waals surface area contributed by atoms with Crippen molar-refractivity contribution in [1.29, 1.82) is 0 Å². The zero-order valence-electron chi connectivity index (χ0n) is 16.5. The van der Waals surface area contributed by atoms with E-state index in [2.05, 4.69) is 9.97 Å². The lowest BCUT2D eigenvalue weighted by Crippen LogP contribution is -2.43. The monoisotopic (exact) mass is 423 g/mol. The summed E-state index contributed by atoms with van der Waals surface area (Å²) in [5.41, 5.74) is 10.6. The number of benzene rings is 1. The Labute approximate surface area is 171 Å². The first-order valence-electron chi connectivity index (χ1n) is 9.68. The van der Waals surface area contributed by atoms with E-state index in [1.165, 1.54) is 18.5 Å². The number of nitrogens with two attached hydrogens (primary N) is 2. The molecular formula is C20H24F3N5O2. The van der Waals surface area contributed by atoms with Crippen LogP contribution in [0.4, 0.5) is 18.9 Å². The fourth-order valence-electron chi connectivity index (χ4n) is 4.12. The molecule has 0 aliphatic carbocycles. The van der Waals surface area contributed by atoms with Crippen molar-refractivity contribution in [2.45, 2.75) is 38.4 Å². The Kier molecular flexibility index (Phi) is 6.25. The molecule has 30 heavy (non-hydrogen) atoms. The number of ketones is 1. The molecule has 0 bridgehead atoms. The molecule has 2 aromatic rings. The summed E-state index contributed by atoms with van der Waals surface area (Å²) in [6, 6.07) is 1.50. The molecule has 0 spiro atoms. The van der Waals surface area contributed by atoms with E-state index >= 15 is 0 Å². The average molecular weight is 423 g/mol. The number of fused-ring (bicyclic) bond motifs is 1. The smallest absolute Gasteiger partial charge is 0.370 e. The Bertz CT molecular complexity index is 950. The van der Waals surface area contributed by atoms with Crippen molar-refractivity contribution in [3.8, 4) is 0 Å². The number of nitrogens with zero attached hydrogens (tertiary/aromatic N) is 3. The molecule has 1 fully saturated rings. The number of rotatable bonds is 6. The van der Waals surface area contributed by atoms with Crippen LogP contribution in [0.2, 0.25) is 0 Å². The fourth-order valence-corrected chi connectivity index (χ4v) is 4.12. The maximum atomic E-state index is 13.4. The number of piperidine rings is 1. The maximum Gasteiger partial charge on any atom is 0.418 e. The van der Waals surface area contributed by atoms with Crippen LogP contribution in [-0.2, 0) is 15.8 Å². The van der Waals surface area contributed by atoms with E-state index in [1.54, 1.807) is 0 Å². The summed E-state index contributed by atoms with van der Waals surface area (Å²) < 4.78 is 40.1. The topological polar surface area (TPSA) is 115 Å². The largest absolute Gasteiger partial charge is 0.418 e. The molecule has 1 aromatic heterocycles. The van der Waals surface area contributed by atoms with Crippen LogP contribution in [0.15, 0.2) is 24.5 Å². The van der Waals surface area contributed by atoms with E-state index in [4.69, 9.17) is 11.5 Å². The molecular weight excluding hydrogens is 399 g/mol. The first-order chi connectivity index (χ1) is 14.1. The third kappa shape index (κ3) is 4.86. The van der Waals surface area contributed by atoms with Crippen molar-refractivity contribution in [2.75, 3.05) is 18.0 Å². The van der Waals surface area contributed by atoms with E-state index in [-0.39, 0.29) is 41.5 Å². The summed E-state index contributed by atoms with van der Waals surface area (Å²) in [6.45, 7) is 3.11. The second-order valence-corrected chi connectivity index (χ2v) is 7.94. The highest BCUT2D eigenvalue weighted by Crippen LogP contribution is 2.38.